The van der Waals surface area contributed by atoms with Gasteiger partial charge in [-0.3, -0.25) is 4.79 Å². The lowest BCUT2D eigenvalue weighted by Gasteiger charge is -2.12. The van der Waals surface area contributed by atoms with Crippen molar-refractivity contribution in [3.8, 4) is 0 Å². The summed E-state index contributed by atoms with van der Waals surface area (Å²) in [7, 11) is 0. The maximum absolute atomic E-state index is 11.6. The van der Waals surface area contributed by atoms with E-state index in [1.54, 1.807) is 4.90 Å². The molecule has 0 atom stereocenters. The number of ether oxygens (including phenoxy) is 1. The standard InChI is InChI=1S/C10H11NO2.C4H9NO/c12-6-5-11-7-8-3-1-2-4-9(8)10(11)13;1-3-6-4-2-5-1/h1-4,12H,5-7H2;5H,1-4H2. The van der Waals surface area contributed by atoms with Crippen LogP contribution in [0.25, 0.3) is 0 Å². The normalized spacial score (nSPS) is 17.7. The Morgan fingerprint density at radius 2 is 2.00 bits per heavy atom. The van der Waals surface area contributed by atoms with Crippen LogP contribution >= 0.6 is 0 Å². The van der Waals surface area contributed by atoms with Crippen LogP contribution < -0.4 is 5.32 Å². The molecule has 1 fully saturated rings. The third-order valence-electron chi connectivity index (χ3n) is 3.11. The molecule has 3 rings (SSSR count). The van der Waals surface area contributed by atoms with E-state index < -0.39 is 0 Å². The molecule has 2 aliphatic rings. The molecule has 1 saturated heterocycles. The van der Waals surface area contributed by atoms with Crippen LogP contribution in [0.2, 0.25) is 0 Å². The molecule has 5 nitrogen and oxygen atoms in total. The van der Waals surface area contributed by atoms with E-state index in [-0.39, 0.29) is 12.5 Å². The fourth-order valence-electron chi connectivity index (χ4n) is 2.13. The highest BCUT2D eigenvalue weighted by molar-refractivity contribution is 5.98. The van der Waals surface area contributed by atoms with E-state index in [4.69, 9.17) is 9.84 Å². The highest BCUT2D eigenvalue weighted by Crippen LogP contribution is 2.21. The lowest BCUT2D eigenvalue weighted by atomic mass is 10.1. The predicted octanol–water partition coefficient (Wildman–Crippen LogP) is 0.241. The highest BCUT2D eigenvalue weighted by Gasteiger charge is 2.25. The van der Waals surface area contributed by atoms with Crippen molar-refractivity contribution in [3.63, 3.8) is 0 Å². The van der Waals surface area contributed by atoms with Crippen LogP contribution in [-0.4, -0.2) is 55.4 Å². The second-order valence-electron chi connectivity index (χ2n) is 4.47. The third kappa shape index (κ3) is 3.76. The number of amides is 1. The number of carbonyl (C=O) groups excluding carboxylic acids is 1. The Kier molecular flexibility index (Phi) is 5.32. The van der Waals surface area contributed by atoms with Crippen LogP contribution in [-0.2, 0) is 11.3 Å². The molecule has 1 aromatic carbocycles. The van der Waals surface area contributed by atoms with E-state index >= 15 is 0 Å². The molecule has 0 aliphatic carbocycles. The van der Waals surface area contributed by atoms with Crippen LogP contribution in [0.1, 0.15) is 15.9 Å². The number of carbonyl (C=O) groups is 1. The number of β-amino-alcohol motifs (C(OH)–C–C–N with tert-alkyl or cyclic N) is 1. The molecule has 2 aliphatic heterocycles. The largest absolute Gasteiger partial charge is 0.395 e. The number of aliphatic hydroxyl groups is 1. The second kappa shape index (κ2) is 7.23. The third-order valence-corrected chi connectivity index (χ3v) is 3.11. The monoisotopic (exact) mass is 264 g/mol. The molecule has 2 heterocycles. The van der Waals surface area contributed by atoms with Gasteiger partial charge in [0.1, 0.15) is 0 Å². The summed E-state index contributed by atoms with van der Waals surface area (Å²) in [4.78, 5) is 13.3. The van der Waals surface area contributed by atoms with Crippen LogP contribution in [0.5, 0.6) is 0 Å². The summed E-state index contributed by atoms with van der Waals surface area (Å²) in [6.07, 6.45) is 0. The Labute approximate surface area is 113 Å². The Morgan fingerprint density at radius 3 is 2.53 bits per heavy atom. The first kappa shape index (κ1) is 14.0. The van der Waals surface area contributed by atoms with Gasteiger partial charge in [0, 0.05) is 31.7 Å². The minimum absolute atomic E-state index is 0.0275. The summed E-state index contributed by atoms with van der Waals surface area (Å²) in [5.41, 5.74) is 1.83. The molecule has 5 heteroatoms. The quantitative estimate of drug-likeness (QED) is 0.803. The summed E-state index contributed by atoms with van der Waals surface area (Å²) in [6, 6.07) is 7.56. The molecule has 1 aromatic rings. The summed E-state index contributed by atoms with van der Waals surface area (Å²) in [5.74, 6) is 0.0321. The first-order chi connectivity index (χ1) is 9.33. The van der Waals surface area contributed by atoms with E-state index in [0.717, 1.165) is 37.4 Å². The molecular formula is C14H20N2O3. The number of nitrogens with zero attached hydrogens (tertiary/aromatic N) is 1. The SMILES string of the molecule is C1COCCN1.O=C1c2ccccc2CN1CCO. The van der Waals surface area contributed by atoms with Crippen molar-refractivity contribution in [2.24, 2.45) is 0 Å². The number of morpholine rings is 1. The fraction of sp³-hybridized carbons (Fsp3) is 0.500. The Morgan fingerprint density at radius 1 is 1.26 bits per heavy atom. The van der Waals surface area contributed by atoms with E-state index in [0.29, 0.717) is 13.1 Å². The van der Waals surface area contributed by atoms with Gasteiger partial charge in [0.05, 0.1) is 19.8 Å². The molecular weight excluding hydrogens is 244 g/mol. The van der Waals surface area contributed by atoms with Gasteiger partial charge in [-0.25, -0.2) is 0 Å². The number of aliphatic hydroxyl groups excluding tert-OH is 1. The average Bonchev–Trinajstić information content (AvgIpc) is 2.79. The van der Waals surface area contributed by atoms with Crippen molar-refractivity contribution < 1.29 is 14.6 Å². The van der Waals surface area contributed by atoms with Gasteiger partial charge < -0.3 is 20.1 Å². The minimum Gasteiger partial charge on any atom is -0.395 e. The molecule has 0 bridgehead atoms. The van der Waals surface area contributed by atoms with Crippen molar-refractivity contribution in [2.75, 3.05) is 39.5 Å². The zero-order valence-electron chi connectivity index (χ0n) is 11.0. The number of fused-ring (bicyclic) bond motifs is 1. The summed E-state index contributed by atoms with van der Waals surface area (Å²) in [6.45, 7) is 4.92. The molecule has 19 heavy (non-hydrogen) atoms. The van der Waals surface area contributed by atoms with Crippen molar-refractivity contribution >= 4 is 5.91 Å². The number of nitrogens with one attached hydrogen (secondary N) is 1. The van der Waals surface area contributed by atoms with Crippen LogP contribution in [0.3, 0.4) is 0 Å². The van der Waals surface area contributed by atoms with E-state index in [9.17, 15) is 4.79 Å². The van der Waals surface area contributed by atoms with Gasteiger partial charge in [-0.15, -0.1) is 0 Å². The predicted molar refractivity (Wildman–Crippen MR) is 72.0 cm³/mol. The molecule has 104 valence electrons. The smallest absolute Gasteiger partial charge is 0.254 e. The maximum Gasteiger partial charge on any atom is 0.254 e. The maximum atomic E-state index is 11.6. The lowest BCUT2D eigenvalue weighted by Crippen LogP contribution is -2.30. The number of hydrogen-bond acceptors (Lipinski definition) is 4. The van der Waals surface area contributed by atoms with Gasteiger partial charge in [-0.2, -0.15) is 0 Å². The fourth-order valence-corrected chi connectivity index (χ4v) is 2.13. The molecule has 0 aromatic heterocycles. The molecule has 1 amide bonds. The van der Waals surface area contributed by atoms with Gasteiger partial charge >= 0.3 is 0 Å². The second-order valence-corrected chi connectivity index (χ2v) is 4.47. The Balaban J connectivity index is 0.000000186. The van der Waals surface area contributed by atoms with Gasteiger partial charge in [-0.05, 0) is 11.6 Å². The lowest BCUT2D eigenvalue weighted by molar-refractivity contribution is 0.0745. The molecule has 0 radical (unpaired) electrons. The average molecular weight is 264 g/mol. The van der Waals surface area contributed by atoms with Gasteiger partial charge in [0.15, 0.2) is 0 Å². The van der Waals surface area contributed by atoms with Crippen molar-refractivity contribution in [1.82, 2.24) is 10.2 Å². The van der Waals surface area contributed by atoms with Crippen molar-refractivity contribution in [1.29, 1.82) is 0 Å². The minimum atomic E-state index is 0.0275. The van der Waals surface area contributed by atoms with E-state index in [1.807, 2.05) is 24.3 Å². The zero-order chi connectivity index (χ0) is 13.5. The van der Waals surface area contributed by atoms with Crippen molar-refractivity contribution in [2.45, 2.75) is 6.54 Å². The highest BCUT2D eigenvalue weighted by atomic mass is 16.5. The topological polar surface area (TPSA) is 61.8 Å². The number of hydrogen-bond donors (Lipinski definition) is 2. The number of benzene rings is 1. The Hall–Kier alpha value is -1.43. The van der Waals surface area contributed by atoms with Gasteiger partial charge in [-0.1, -0.05) is 18.2 Å². The molecule has 0 spiro atoms. The Bertz CT molecular complexity index is 407. The van der Waals surface area contributed by atoms with Crippen LogP contribution in [0.15, 0.2) is 24.3 Å². The molecule has 0 unspecified atom stereocenters. The van der Waals surface area contributed by atoms with E-state index in [2.05, 4.69) is 5.32 Å². The van der Waals surface area contributed by atoms with Gasteiger partial charge in [0.2, 0.25) is 0 Å². The first-order valence-corrected chi connectivity index (χ1v) is 6.59. The summed E-state index contributed by atoms with van der Waals surface area (Å²) < 4.78 is 5.01. The van der Waals surface area contributed by atoms with Crippen molar-refractivity contribution in [3.05, 3.63) is 35.4 Å². The van der Waals surface area contributed by atoms with Crippen LogP contribution in [0.4, 0.5) is 0 Å². The number of rotatable bonds is 2. The van der Waals surface area contributed by atoms with E-state index in [1.165, 1.54) is 0 Å². The summed E-state index contributed by atoms with van der Waals surface area (Å²) >= 11 is 0. The summed E-state index contributed by atoms with van der Waals surface area (Å²) in [5, 5.41) is 11.9. The molecule has 2 N–H and O–H groups in total. The molecule has 0 saturated carbocycles. The zero-order valence-corrected chi connectivity index (χ0v) is 11.0. The van der Waals surface area contributed by atoms with Crippen LogP contribution in [0, 0.1) is 0 Å². The first-order valence-electron chi connectivity index (χ1n) is 6.59. The van der Waals surface area contributed by atoms with Gasteiger partial charge in [0.25, 0.3) is 5.91 Å².